The molecular weight excluding hydrogens is 347 g/mol. The molecule has 122 valence electrons. The van der Waals surface area contributed by atoms with Crippen LogP contribution in [0.3, 0.4) is 0 Å². The molecule has 0 spiro atoms. The Hall–Kier alpha value is -2.18. The molecule has 0 saturated heterocycles. The second-order valence-electron chi connectivity index (χ2n) is 5.64. The van der Waals surface area contributed by atoms with Gasteiger partial charge in [0.25, 0.3) is 0 Å². The van der Waals surface area contributed by atoms with Gasteiger partial charge in [-0.1, -0.05) is 40.4 Å². The summed E-state index contributed by atoms with van der Waals surface area (Å²) in [6, 6.07) is 7.54. The summed E-state index contributed by atoms with van der Waals surface area (Å²) in [6.45, 7) is 0.582. The highest BCUT2D eigenvalue weighted by atomic mass is 35.5. The van der Waals surface area contributed by atoms with Crippen molar-refractivity contribution in [1.29, 1.82) is 0 Å². The minimum Gasteiger partial charge on any atom is -0.349 e. The number of anilines is 1. The fraction of sp³-hybridized carbons (Fsp3) is 0.250. The average molecular weight is 361 g/mol. The molecule has 1 aromatic carbocycles. The van der Waals surface area contributed by atoms with Crippen molar-refractivity contribution in [2.24, 2.45) is 0 Å². The number of benzene rings is 1. The summed E-state index contributed by atoms with van der Waals surface area (Å²) >= 11 is 12.3. The fourth-order valence-corrected chi connectivity index (χ4v) is 3.24. The van der Waals surface area contributed by atoms with E-state index in [-0.39, 0.29) is 0 Å². The van der Waals surface area contributed by atoms with E-state index in [1.54, 1.807) is 12.1 Å². The number of nitrogens with zero attached hydrogens (tertiary/aromatic N) is 5. The van der Waals surface area contributed by atoms with E-state index in [1.807, 2.05) is 12.3 Å². The van der Waals surface area contributed by atoms with Crippen LogP contribution in [0.25, 0.3) is 5.69 Å². The molecule has 0 amide bonds. The van der Waals surface area contributed by atoms with Crippen LogP contribution in [0.2, 0.25) is 10.0 Å². The first-order valence-electron chi connectivity index (χ1n) is 7.65. The van der Waals surface area contributed by atoms with Crippen LogP contribution in [0.15, 0.2) is 30.5 Å². The lowest BCUT2D eigenvalue weighted by Crippen LogP contribution is -2.08. The van der Waals surface area contributed by atoms with Gasteiger partial charge in [-0.15, -0.1) is 0 Å². The molecule has 0 radical (unpaired) electrons. The molecule has 24 heavy (non-hydrogen) atoms. The molecule has 8 heteroatoms. The monoisotopic (exact) mass is 360 g/mol. The van der Waals surface area contributed by atoms with Gasteiger partial charge in [-0.2, -0.15) is 4.68 Å². The summed E-state index contributed by atoms with van der Waals surface area (Å²) in [5, 5.41) is 15.8. The summed E-state index contributed by atoms with van der Waals surface area (Å²) < 4.78 is 1.54. The Kier molecular flexibility index (Phi) is 4.08. The highest BCUT2D eigenvalue weighted by molar-refractivity contribution is 6.43. The van der Waals surface area contributed by atoms with Gasteiger partial charge in [0, 0.05) is 18.4 Å². The lowest BCUT2D eigenvalue weighted by molar-refractivity contribution is 0.789. The van der Waals surface area contributed by atoms with Crippen molar-refractivity contribution in [1.82, 2.24) is 25.2 Å². The maximum absolute atomic E-state index is 6.25. The third-order valence-corrected chi connectivity index (χ3v) is 4.86. The number of nitrogens with one attached hydrogen (secondary N) is 1. The van der Waals surface area contributed by atoms with Gasteiger partial charge in [0.15, 0.2) is 0 Å². The van der Waals surface area contributed by atoms with E-state index in [2.05, 4.69) is 31.9 Å². The number of fused-ring (bicyclic) bond motifs is 1. The van der Waals surface area contributed by atoms with Crippen LogP contribution < -0.4 is 5.32 Å². The Labute approximate surface area is 148 Å². The molecule has 0 unspecified atom stereocenters. The highest BCUT2D eigenvalue weighted by Gasteiger charge is 2.15. The summed E-state index contributed by atoms with van der Waals surface area (Å²) in [6.07, 6.45) is 5.27. The van der Waals surface area contributed by atoms with Gasteiger partial charge in [-0.25, -0.2) is 0 Å². The predicted molar refractivity (Wildman–Crippen MR) is 92.8 cm³/mol. The third kappa shape index (κ3) is 2.83. The van der Waals surface area contributed by atoms with E-state index in [0.29, 0.717) is 28.2 Å². The van der Waals surface area contributed by atoms with Crippen molar-refractivity contribution in [2.75, 3.05) is 5.32 Å². The predicted octanol–water partition coefficient (Wildman–Crippen LogP) is 3.46. The number of hydrogen-bond donors (Lipinski definition) is 1. The summed E-state index contributed by atoms with van der Waals surface area (Å²) in [5.74, 6) is 0.500. The Balaban J connectivity index is 1.56. The smallest absolute Gasteiger partial charge is 0.248 e. The molecule has 1 N–H and O–H groups in total. The maximum atomic E-state index is 6.25. The summed E-state index contributed by atoms with van der Waals surface area (Å²) in [4.78, 5) is 4.53. The molecule has 0 atom stereocenters. The Bertz CT molecular complexity index is 892. The molecule has 1 aliphatic rings. The van der Waals surface area contributed by atoms with E-state index in [1.165, 1.54) is 22.4 Å². The van der Waals surface area contributed by atoms with Crippen molar-refractivity contribution >= 4 is 29.2 Å². The molecular formula is C16H14Cl2N6. The van der Waals surface area contributed by atoms with Crippen LogP contribution in [0.5, 0.6) is 0 Å². The normalized spacial score (nSPS) is 13.1. The minimum absolute atomic E-state index is 0.411. The lowest BCUT2D eigenvalue weighted by atomic mass is 10.1. The molecule has 0 aliphatic heterocycles. The van der Waals surface area contributed by atoms with Crippen molar-refractivity contribution in [3.63, 3.8) is 0 Å². The standard InChI is InChI=1S/C16H14Cl2N6/c17-12-4-2-6-14(15(12)18)24-16(21-22-23-24)20-9-10-7-11-3-1-5-13(11)19-8-10/h2,4,6-8H,1,3,5,9H2,(H,20,21,23). The summed E-state index contributed by atoms with van der Waals surface area (Å²) in [7, 11) is 0. The average Bonchev–Trinajstić information content (AvgIpc) is 3.23. The first-order valence-corrected chi connectivity index (χ1v) is 8.41. The van der Waals surface area contributed by atoms with Gasteiger partial charge in [-0.3, -0.25) is 4.98 Å². The first kappa shape index (κ1) is 15.4. The molecule has 2 aromatic heterocycles. The number of aromatic nitrogens is 5. The van der Waals surface area contributed by atoms with Crippen LogP contribution >= 0.6 is 23.2 Å². The van der Waals surface area contributed by atoms with Crippen molar-refractivity contribution < 1.29 is 0 Å². The van der Waals surface area contributed by atoms with Crippen LogP contribution in [-0.2, 0) is 19.4 Å². The minimum atomic E-state index is 0.411. The topological polar surface area (TPSA) is 68.5 Å². The van der Waals surface area contributed by atoms with Gasteiger partial charge in [0.05, 0.1) is 15.7 Å². The van der Waals surface area contributed by atoms with Gasteiger partial charge in [0.2, 0.25) is 5.95 Å². The maximum Gasteiger partial charge on any atom is 0.248 e. The van der Waals surface area contributed by atoms with Gasteiger partial charge in [-0.05, 0) is 52.9 Å². The zero-order valence-corrected chi connectivity index (χ0v) is 14.2. The number of pyridine rings is 1. The van der Waals surface area contributed by atoms with Crippen molar-refractivity contribution in [3.8, 4) is 5.69 Å². The second-order valence-corrected chi connectivity index (χ2v) is 6.43. The number of tetrazole rings is 1. The van der Waals surface area contributed by atoms with Crippen LogP contribution in [-0.4, -0.2) is 25.2 Å². The Morgan fingerprint density at radius 1 is 1.21 bits per heavy atom. The zero-order chi connectivity index (χ0) is 16.5. The van der Waals surface area contributed by atoms with Crippen LogP contribution in [0.4, 0.5) is 5.95 Å². The second kappa shape index (κ2) is 6.37. The Morgan fingerprint density at radius 2 is 2.12 bits per heavy atom. The van der Waals surface area contributed by atoms with Crippen LogP contribution in [0.1, 0.15) is 23.2 Å². The van der Waals surface area contributed by atoms with Crippen molar-refractivity contribution in [2.45, 2.75) is 25.8 Å². The molecule has 0 saturated carbocycles. The number of rotatable bonds is 4. The van der Waals surface area contributed by atoms with Gasteiger partial charge < -0.3 is 5.32 Å². The lowest BCUT2D eigenvalue weighted by Gasteiger charge is -2.09. The number of aryl methyl sites for hydroxylation is 2. The number of hydrogen-bond acceptors (Lipinski definition) is 5. The van der Waals surface area contributed by atoms with E-state index in [4.69, 9.17) is 23.2 Å². The molecule has 1 aliphatic carbocycles. The largest absolute Gasteiger partial charge is 0.349 e. The van der Waals surface area contributed by atoms with Gasteiger partial charge >= 0.3 is 0 Å². The molecule has 4 rings (SSSR count). The Morgan fingerprint density at radius 3 is 3.04 bits per heavy atom. The van der Waals surface area contributed by atoms with E-state index in [0.717, 1.165) is 18.4 Å². The van der Waals surface area contributed by atoms with E-state index in [9.17, 15) is 0 Å². The highest BCUT2D eigenvalue weighted by Crippen LogP contribution is 2.29. The van der Waals surface area contributed by atoms with E-state index >= 15 is 0 Å². The molecule has 2 heterocycles. The fourth-order valence-electron chi connectivity index (χ4n) is 2.87. The SMILES string of the molecule is Clc1cccc(-n2nnnc2NCc2cnc3c(c2)CCC3)c1Cl. The van der Waals surface area contributed by atoms with Crippen molar-refractivity contribution in [3.05, 3.63) is 57.3 Å². The molecule has 0 bridgehead atoms. The third-order valence-electron chi connectivity index (χ3n) is 4.06. The molecule has 6 nitrogen and oxygen atoms in total. The summed E-state index contributed by atoms with van der Waals surface area (Å²) in [5.41, 5.74) is 4.28. The van der Waals surface area contributed by atoms with E-state index < -0.39 is 0 Å². The quantitative estimate of drug-likeness (QED) is 0.771. The first-order chi connectivity index (χ1) is 11.7. The van der Waals surface area contributed by atoms with Gasteiger partial charge in [0.1, 0.15) is 0 Å². The molecule has 0 fully saturated rings. The van der Waals surface area contributed by atoms with Crippen LogP contribution in [0, 0.1) is 0 Å². The zero-order valence-electron chi connectivity index (χ0n) is 12.7. The number of halogens is 2. The molecule has 3 aromatic rings.